The van der Waals surface area contributed by atoms with Gasteiger partial charge in [-0.15, -0.1) is 0 Å². The summed E-state index contributed by atoms with van der Waals surface area (Å²) < 4.78 is 0. The van der Waals surface area contributed by atoms with E-state index in [2.05, 4.69) is 13.8 Å². The third-order valence-electron chi connectivity index (χ3n) is 1.21. The van der Waals surface area contributed by atoms with Crippen molar-refractivity contribution >= 4 is 0 Å². The van der Waals surface area contributed by atoms with Crippen LogP contribution in [0.15, 0.2) is 0 Å². The lowest BCUT2D eigenvalue weighted by Gasteiger charge is -1.90. The number of unbranched alkanes of at least 4 members (excludes halogenated alkanes) is 4. The highest BCUT2D eigenvalue weighted by Crippen LogP contribution is 2.00. The van der Waals surface area contributed by atoms with Crippen LogP contribution in [0, 0.1) is 0 Å². The minimum absolute atomic E-state index is 0. The van der Waals surface area contributed by atoms with Gasteiger partial charge >= 0.3 is 0 Å². The van der Waals surface area contributed by atoms with Crippen LogP contribution in [-0.4, -0.2) is 0 Å². The Morgan fingerprint density at radius 1 is 0.700 bits per heavy atom. The second-order valence-corrected chi connectivity index (χ2v) is 2.06. The molecule has 0 radical (unpaired) electrons. The maximum atomic E-state index is 2.25. The number of hydrogen-bond donors (Lipinski definition) is 0. The van der Waals surface area contributed by atoms with Gasteiger partial charge in [0, 0.05) is 0 Å². The van der Waals surface area contributed by atoms with Crippen molar-refractivity contribution in [3.05, 3.63) is 0 Å². The molecule has 0 aromatic carbocycles. The lowest BCUT2D eigenvalue weighted by molar-refractivity contribution is 0.656. The van der Waals surface area contributed by atoms with Crippen molar-refractivity contribution in [3.8, 4) is 0 Å². The zero-order valence-electron chi connectivity index (χ0n) is 7.54. The van der Waals surface area contributed by atoms with Crippen LogP contribution < -0.4 is 0 Å². The zero-order chi connectivity index (χ0) is 7.54. The molecule has 0 saturated heterocycles. The summed E-state index contributed by atoms with van der Waals surface area (Å²) in [6.45, 7) is 8.49. The zero-order valence-corrected chi connectivity index (χ0v) is 7.54. The Morgan fingerprint density at radius 3 is 1.20 bits per heavy atom. The van der Waals surface area contributed by atoms with Gasteiger partial charge < -0.3 is 0 Å². The Balaban J connectivity index is -0.000000149. The predicted molar refractivity (Wildman–Crippen MR) is 52.5 cm³/mol. The van der Waals surface area contributed by atoms with E-state index in [4.69, 9.17) is 0 Å². The first kappa shape index (κ1) is 16.5. The van der Waals surface area contributed by atoms with Gasteiger partial charge in [-0.05, 0) is 0 Å². The third-order valence-corrected chi connectivity index (χ3v) is 1.21. The molecule has 0 unspecified atom stereocenters. The molecular formula is C10H26. The summed E-state index contributed by atoms with van der Waals surface area (Å²) >= 11 is 0. The van der Waals surface area contributed by atoms with Crippen LogP contribution in [0.25, 0.3) is 0 Å². The quantitative estimate of drug-likeness (QED) is 0.507. The monoisotopic (exact) mass is 146 g/mol. The van der Waals surface area contributed by atoms with E-state index in [0.29, 0.717) is 0 Å². The number of rotatable bonds is 4. The molecule has 0 aliphatic rings. The molecule has 0 fully saturated rings. The van der Waals surface area contributed by atoms with Crippen LogP contribution in [0.2, 0.25) is 0 Å². The van der Waals surface area contributed by atoms with E-state index >= 15 is 0 Å². The van der Waals surface area contributed by atoms with Crippen molar-refractivity contribution in [2.75, 3.05) is 0 Å². The molecule has 66 valence electrons. The van der Waals surface area contributed by atoms with Crippen molar-refractivity contribution < 1.29 is 0 Å². The molecule has 0 aromatic heterocycles. The van der Waals surface area contributed by atoms with E-state index in [0.717, 1.165) is 0 Å². The topological polar surface area (TPSA) is 0 Å². The smallest absolute Gasteiger partial charge is 0.0533 e. The highest BCUT2D eigenvalue weighted by Gasteiger charge is 1.80. The minimum atomic E-state index is 0. The molecule has 0 rings (SSSR count). The fourth-order valence-corrected chi connectivity index (χ4v) is 0.677. The summed E-state index contributed by atoms with van der Waals surface area (Å²) in [4.78, 5) is 0. The Kier molecular flexibility index (Phi) is 38.1. The molecule has 0 atom stereocenters. The first-order chi connectivity index (χ1) is 4.41. The predicted octanol–water partition coefficient (Wildman–Crippen LogP) is 4.64. The van der Waals surface area contributed by atoms with Crippen LogP contribution in [-0.2, 0) is 0 Å². The largest absolute Gasteiger partial charge is 0.0776 e. The van der Waals surface area contributed by atoms with Crippen LogP contribution in [0.5, 0.6) is 0 Å². The molecule has 0 saturated carbocycles. The van der Waals surface area contributed by atoms with E-state index < -0.39 is 0 Å². The van der Waals surface area contributed by atoms with Gasteiger partial charge in [0.15, 0.2) is 0 Å². The average molecular weight is 146 g/mol. The van der Waals surface area contributed by atoms with Gasteiger partial charge in [-0.25, -0.2) is 0 Å². The fourth-order valence-electron chi connectivity index (χ4n) is 0.677. The molecule has 0 nitrogen and oxygen atoms in total. The van der Waals surface area contributed by atoms with Gasteiger partial charge in [0.05, 0.1) is 0 Å². The molecular weight excluding hydrogens is 120 g/mol. The highest BCUT2D eigenvalue weighted by molar-refractivity contribution is 4.35. The summed E-state index contributed by atoms with van der Waals surface area (Å²) in [6, 6.07) is 0. The van der Waals surface area contributed by atoms with E-state index in [1.807, 2.05) is 13.8 Å². The van der Waals surface area contributed by atoms with Crippen LogP contribution in [0.1, 0.15) is 67.2 Å². The molecule has 0 heteroatoms. The Labute approximate surface area is 68.0 Å². The molecule has 10 heavy (non-hydrogen) atoms. The van der Waals surface area contributed by atoms with E-state index in [1.165, 1.54) is 32.1 Å². The fraction of sp³-hybridized carbons (Fsp3) is 1.00. The lowest BCUT2D eigenvalue weighted by Crippen LogP contribution is -1.70. The van der Waals surface area contributed by atoms with Gasteiger partial charge in [0.25, 0.3) is 0 Å². The first-order valence-electron chi connectivity index (χ1n) is 4.41. The minimum Gasteiger partial charge on any atom is -0.0776 e. The molecule has 0 heterocycles. The van der Waals surface area contributed by atoms with Gasteiger partial charge in [0.2, 0.25) is 0 Å². The molecule has 0 spiro atoms. The van der Waals surface area contributed by atoms with Gasteiger partial charge in [-0.3, -0.25) is 0 Å². The van der Waals surface area contributed by atoms with Gasteiger partial charge in [-0.1, -0.05) is 67.2 Å². The standard InChI is InChI=1S/C7H16.C2H6.CH4/c1-3-5-7-6-4-2;1-2;/h3-7H2,1-2H3;1-2H3;1H4. The van der Waals surface area contributed by atoms with E-state index in [-0.39, 0.29) is 7.43 Å². The molecule has 0 aromatic rings. The van der Waals surface area contributed by atoms with Gasteiger partial charge in [-0.2, -0.15) is 0 Å². The summed E-state index contributed by atoms with van der Waals surface area (Å²) in [5.74, 6) is 0. The first-order valence-corrected chi connectivity index (χ1v) is 4.41. The average Bonchev–Trinajstić information content (AvgIpc) is 1.94. The SMILES string of the molecule is C.CC.CCCCCCC. The Morgan fingerprint density at radius 2 is 1.00 bits per heavy atom. The number of hydrogen-bond acceptors (Lipinski definition) is 0. The summed E-state index contributed by atoms with van der Waals surface area (Å²) in [5.41, 5.74) is 0. The summed E-state index contributed by atoms with van der Waals surface area (Å²) in [6.07, 6.45) is 7.01. The molecule has 0 aliphatic heterocycles. The summed E-state index contributed by atoms with van der Waals surface area (Å²) in [7, 11) is 0. The maximum Gasteiger partial charge on any atom is -0.0533 e. The van der Waals surface area contributed by atoms with Crippen LogP contribution >= 0.6 is 0 Å². The third kappa shape index (κ3) is 24.5. The molecule has 0 aliphatic carbocycles. The molecule has 0 amide bonds. The van der Waals surface area contributed by atoms with Crippen LogP contribution in [0.4, 0.5) is 0 Å². The Hall–Kier alpha value is 0. The van der Waals surface area contributed by atoms with Crippen molar-refractivity contribution in [3.63, 3.8) is 0 Å². The van der Waals surface area contributed by atoms with E-state index in [1.54, 1.807) is 0 Å². The Bertz CT molecular complexity index is 19.2. The van der Waals surface area contributed by atoms with E-state index in [9.17, 15) is 0 Å². The second kappa shape index (κ2) is 23.0. The maximum absolute atomic E-state index is 2.25. The van der Waals surface area contributed by atoms with Gasteiger partial charge in [0.1, 0.15) is 0 Å². The summed E-state index contributed by atoms with van der Waals surface area (Å²) in [5, 5.41) is 0. The van der Waals surface area contributed by atoms with Crippen molar-refractivity contribution in [1.29, 1.82) is 0 Å². The van der Waals surface area contributed by atoms with Crippen molar-refractivity contribution in [2.24, 2.45) is 0 Å². The normalized spacial score (nSPS) is 7.20. The van der Waals surface area contributed by atoms with Crippen molar-refractivity contribution in [2.45, 2.75) is 67.2 Å². The molecule has 0 bridgehead atoms. The highest BCUT2D eigenvalue weighted by atomic mass is 13.9. The second-order valence-electron chi connectivity index (χ2n) is 2.06. The molecule has 0 N–H and O–H groups in total. The van der Waals surface area contributed by atoms with Crippen molar-refractivity contribution in [1.82, 2.24) is 0 Å². The lowest BCUT2D eigenvalue weighted by atomic mass is 10.2. The van der Waals surface area contributed by atoms with Crippen LogP contribution in [0.3, 0.4) is 0 Å².